The summed E-state index contributed by atoms with van der Waals surface area (Å²) in [5.41, 5.74) is 11.4. The molecule has 2 heterocycles. The van der Waals surface area contributed by atoms with Gasteiger partial charge in [-0.25, -0.2) is 5.43 Å². The molecule has 6 nitrogen and oxygen atoms in total. The van der Waals surface area contributed by atoms with Crippen LogP contribution in [0.4, 0.5) is 0 Å². The van der Waals surface area contributed by atoms with Crippen LogP contribution in [0, 0.1) is 5.92 Å². The number of pyridine rings is 1. The standard InChI is InChI=1S/C21H21N5O/c22-18(11-16-12-24-19-9-2-1-8-17(16)19)21(27)26-25-13-15-6-3-5-14-7-4-10-23-20(14)15/h1-10,12-13,17-19,24H,11,22H2,(H,26,27)/b25-13-/t17-,18+,19-/m0/s1. The van der Waals surface area contributed by atoms with Crippen LogP contribution in [0.1, 0.15) is 12.0 Å². The van der Waals surface area contributed by atoms with Crippen LogP contribution in [0.3, 0.4) is 0 Å². The van der Waals surface area contributed by atoms with E-state index < -0.39 is 6.04 Å². The Morgan fingerprint density at radius 2 is 2.15 bits per heavy atom. The van der Waals surface area contributed by atoms with E-state index in [2.05, 4.69) is 33.0 Å². The van der Waals surface area contributed by atoms with Gasteiger partial charge < -0.3 is 11.1 Å². The third-order valence-corrected chi connectivity index (χ3v) is 4.86. The Kier molecular flexibility index (Phi) is 4.80. The number of rotatable bonds is 5. The third-order valence-electron chi connectivity index (χ3n) is 4.86. The SMILES string of the molecule is N[C@H](CC1=CN[C@H]2C=CC=C[C@@H]12)C(=O)N/N=C\c1cccc2cccnc12. The highest BCUT2D eigenvalue weighted by Crippen LogP contribution is 2.28. The van der Waals surface area contributed by atoms with Crippen LogP contribution in [0.25, 0.3) is 10.9 Å². The van der Waals surface area contributed by atoms with Crippen molar-refractivity contribution in [1.29, 1.82) is 0 Å². The molecule has 0 saturated heterocycles. The molecule has 2 aromatic rings. The number of nitrogens with zero attached hydrogens (tertiary/aromatic N) is 2. The molecule has 4 rings (SSSR count). The van der Waals surface area contributed by atoms with Gasteiger partial charge in [-0.15, -0.1) is 0 Å². The molecule has 3 atom stereocenters. The molecule has 1 aromatic carbocycles. The number of fused-ring (bicyclic) bond motifs is 2. The van der Waals surface area contributed by atoms with Gasteiger partial charge in [-0.3, -0.25) is 9.78 Å². The zero-order chi connectivity index (χ0) is 18.6. The van der Waals surface area contributed by atoms with Gasteiger partial charge in [0.25, 0.3) is 5.91 Å². The number of nitrogens with one attached hydrogen (secondary N) is 2. The quantitative estimate of drug-likeness (QED) is 0.562. The van der Waals surface area contributed by atoms with Crippen molar-refractivity contribution >= 4 is 23.0 Å². The normalized spacial score (nSPS) is 21.7. The maximum Gasteiger partial charge on any atom is 0.257 e. The van der Waals surface area contributed by atoms with Crippen molar-refractivity contribution in [2.24, 2.45) is 16.8 Å². The van der Waals surface area contributed by atoms with Crippen molar-refractivity contribution in [2.75, 3.05) is 0 Å². The second-order valence-corrected chi connectivity index (χ2v) is 6.67. The van der Waals surface area contributed by atoms with Crippen molar-refractivity contribution in [3.8, 4) is 0 Å². The summed E-state index contributed by atoms with van der Waals surface area (Å²) < 4.78 is 0. The molecule has 1 aromatic heterocycles. The summed E-state index contributed by atoms with van der Waals surface area (Å²) in [6.07, 6.45) is 14.1. The molecule has 27 heavy (non-hydrogen) atoms. The van der Waals surface area contributed by atoms with Crippen molar-refractivity contribution in [3.05, 3.63) is 78.2 Å². The number of para-hydroxylation sites is 1. The molecule has 136 valence electrons. The van der Waals surface area contributed by atoms with E-state index >= 15 is 0 Å². The fourth-order valence-corrected chi connectivity index (χ4v) is 3.44. The maximum atomic E-state index is 12.3. The zero-order valence-electron chi connectivity index (χ0n) is 14.7. The molecule has 0 fully saturated rings. The van der Waals surface area contributed by atoms with E-state index in [4.69, 9.17) is 5.73 Å². The van der Waals surface area contributed by atoms with Gasteiger partial charge in [0.15, 0.2) is 0 Å². The summed E-state index contributed by atoms with van der Waals surface area (Å²) in [5.74, 6) is -0.0433. The van der Waals surface area contributed by atoms with E-state index in [1.165, 1.54) is 0 Å². The summed E-state index contributed by atoms with van der Waals surface area (Å²) in [5, 5.41) is 8.40. The first-order valence-corrected chi connectivity index (χ1v) is 8.94. The largest absolute Gasteiger partial charge is 0.384 e. The van der Waals surface area contributed by atoms with Gasteiger partial charge in [-0.1, -0.05) is 48.6 Å². The van der Waals surface area contributed by atoms with Crippen LogP contribution in [0.2, 0.25) is 0 Å². The fraction of sp³-hybridized carbons (Fsp3) is 0.190. The lowest BCUT2D eigenvalue weighted by molar-refractivity contribution is -0.122. The number of allylic oxidation sites excluding steroid dienone is 2. The molecular weight excluding hydrogens is 338 g/mol. The predicted octanol–water partition coefficient (Wildman–Crippen LogP) is 2.00. The molecule has 0 saturated carbocycles. The van der Waals surface area contributed by atoms with Crippen molar-refractivity contribution < 1.29 is 4.79 Å². The first-order chi connectivity index (χ1) is 13.2. The van der Waals surface area contributed by atoms with Gasteiger partial charge in [-0.05, 0) is 24.3 Å². The minimum absolute atomic E-state index is 0.261. The summed E-state index contributed by atoms with van der Waals surface area (Å²) >= 11 is 0. The van der Waals surface area contributed by atoms with Crippen LogP contribution in [0.5, 0.6) is 0 Å². The Morgan fingerprint density at radius 1 is 1.30 bits per heavy atom. The summed E-state index contributed by atoms with van der Waals surface area (Å²) in [6.45, 7) is 0. The first kappa shape index (κ1) is 17.2. The summed E-state index contributed by atoms with van der Waals surface area (Å²) in [6, 6.07) is 9.30. The minimum atomic E-state index is -0.654. The Balaban J connectivity index is 1.37. The van der Waals surface area contributed by atoms with Gasteiger partial charge in [0.2, 0.25) is 0 Å². The number of amides is 1. The third kappa shape index (κ3) is 3.66. The summed E-state index contributed by atoms with van der Waals surface area (Å²) in [7, 11) is 0. The smallest absolute Gasteiger partial charge is 0.257 e. The van der Waals surface area contributed by atoms with Gasteiger partial charge >= 0.3 is 0 Å². The molecule has 0 bridgehead atoms. The lowest BCUT2D eigenvalue weighted by Crippen LogP contribution is -2.39. The average Bonchev–Trinajstić information content (AvgIpc) is 3.11. The predicted molar refractivity (Wildman–Crippen MR) is 107 cm³/mol. The van der Waals surface area contributed by atoms with E-state index in [-0.39, 0.29) is 17.9 Å². The van der Waals surface area contributed by atoms with Gasteiger partial charge in [-0.2, -0.15) is 5.10 Å². The molecule has 1 amide bonds. The highest BCUT2D eigenvalue weighted by molar-refractivity contribution is 5.97. The lowest BCUT2D eigenvalue weighted by atomic mass is 9.88. The van der Waals surface area contributed by atoms with Gasteiger partial charge in [0, 0.05) is 23.1 Å². The molecule has 0 spiro atoms. The number of nitrogens with two attached hydrogens (primary N) is 1. The number of hydrazone groups is 1. The fourth-order valence-electron chi connectivity index (χ4n) is 3.44. The molecule has 4 N–H and O–H groups in total. The Bertz CT molecular complexity index is 970. The van der Waals surface area contributed by atoms with E-state index in [9.17, 15) is 4.79 Å². The van der Waals surface area contributed by atoms with Crippen LogP contribution in [-0.2, 0) is 4.79 Å². The number of benzene rings is 1. The number of aromatic nitrogens is 1. The minimum Gasteiger partial charge on any atom is -0.384 e. The van der Waals surface area contributed by atoms with Crippen molar-refractivity contribution in [2.45, 2.75) is 18.5 Å². The Morgan fingerprint density at radius 3 is 3.07 bits per heavy atom. The number of hydrogen-bond acceptors (Lipinski definition) is 5. The van der Waals surface area contributed by atoms with Crippen LogP contribution in [0.15, 0.2) is 77.7 Å². The monoisotopic (exact) mass is 359 g/mol. The topological polar surface area (TPSA) is 92.4 Å². The average molecular weight is 359 g/mol. The second kappa shape index (κ2) is 7.55. The maximum absolute atomic E-state index is 12.3. The molecule has 2 aliphatic rings. The highest BCUT2D eigenvalue weighted by atomic mass is 16.2. The zero-order valence-corrected chi connectivity index (χ0v) is 14.7. The van der Waals surface area contributed by atoms with Crippen LogP contribution in [-0.4, -0.2) is 29.2 Å². The lowest BCUT2D eigenvalue weighted by Gasteiger charge is -2.20. The molecular formula is C21H21N5O. The Labute approximate surface area is 157 Å². The summed E-state index contributed by atoms with van der Waals surface area (Å²) in [4.78, 5) is 16.7. The molecule has 0 unspecified atom stereocenters. The molecule has 1 aliphatic carbocycles. The van der Waals surface area contributed by atoms with Gasteiger partial charge in [0.05, 0.1) is 23.8 Å². The van der Waals surface area contributed by atoms with Crippen molar-refractivity contribution in [1.82, 2.24) is 15.7 Å². The highest BCUT2D eigenvalue weighted by Gasteiger charge is 2.29. The van der Waals surface area contributed by atoms with E-state index in [0.717, 1.165) is 22.0 Å². The molecule has 1 aliphatic heterocycles. The van der Waals surface area contributed by atoms with E-state index in [1.54, 1.807) is 12.4 Å². The van der Waals surface area contributed by atoms with Crippen LogP contribution >= 0.6 is 0 Å². The number of carbonyl (C=O) groups excluding carboxylic acids is 1. The van der Waals surface area contributed by atoms with Crippen LogP contribution < -0.4 is 16.5 Å². The van der Waals surface area contributed by atoms with E-state index in [0.29, 0.717) is 6.42 Å². The first-order valence-electron chi connectivity index (χ1n) is 8.94. The number of hydrogen-bond donors (Lipinski definition) is 3. The van der Waals surface area contributed by atoms with Gasteiger partial charge in [0.1, 0.15) is 0 Å². The molecule has 0 radical (unpaired) electrons. The second-order valence-electron chi connectivity index (χ2n) is 6.67. The Hall–Kier alpha value is -3.25. The molecule has 6 heteroatoms. The van der Waals surface area contributed by atoms with E-state index in [1.807, 2.05) is 48.7 Å². The van der Waals surface area contributed by atoms with Crippen molar-refractivity contribution in [3.63, 3.8) is 0 Å². The number of carbonyl (C=O) groups is 1.